The van der Waals surface area contributed by atoms with Crippen LogP contribution in [-0.4, -0.2) is 63.9 Å². The van der Waals surface area contributed by atoms with Crippen LogP contribution in [0.25, 0.3) is 11.1 Å². The number of aryl methyl sites for hydroxylation is 1. The van der Waals surface area contributed by atoms with Gasteiger partial charge in [-0.1, -0.05) is 43.3 Å². The molecule has 6 rings (SSSR count). The standard InChI is InChI=1S/C37H43FN6O3S/c1-4-34-43-33(22-48-34)36(46)42-30-14-12-29(13-15-30)41-35(45)32-17-28(38)18-39-37(32)47-31-7-5-6-27(16-31)26-10-8-25(9-11-26)21-44-19-23(2)40-24(3)20-44/h5-11,16-18,22-24,29-30,40H,4,12-15,19-21H2,1-3H3,(H,41,45)(H,42,46)/t23-,24+,29-,30-. The smallest absolute Gasteiger partial charge is 0.270 e. The molecule has 2 aliphatic rings. The number of amides is 2. The van der Waals surface area contributed by atoms with E-state index in [1.165, 1.54) is 16.9 Å². The van der Waals surface area contributed by atoms with Crippen LogP contribution in [-0.2, 0) is 13.0 Å². The van der Waals surface area contributed by atoms with E-state index < -0.39 is 11.7 Å². The Labute approximate surface area is 285 Å². The summed E-state index contributed by atoms with van der Waals surface area (Å²) in [5.41, 5.74) is 3.75. The van der Waals surface area contributed by atoms with Crippen LogP contribution in [0.2, 0.25) is 0 Å². The highest BCUT2D eigenvalue weighted by Crippen LogP contribution is 2.29. The summed E-state index contributed by atoms with van der Waals surface area (Å²) in [5.74, 6) is -0.695. The summed E-state index contributed by atoms with van der Waals surface area (Å²) in [6.07, 6.45) is 4.65. The number of ether oxygens (including phenoxy) is 1. The topological polar surface area (TPSA) is 108 Å². The Kier molecular flexibility index (Phi) is 10.8. The van der Waals surface area contributed by atoms with Gasteiger partial charge >= 0.3 is 0 Å². The van der Waals surface area contributed by atoms with Crippen LogP contribution in [0.3, 0.4) is 0 Å². The summed E-state index contributed by atoms with van der Waals surface area (Å²) in [7, 11) is 0. The minimum atomic E-state index is -0.620. The molecule has 3 N–H and O–H groups in total. The van der Waals surface area contributed by atoms with Crippen molar-refractivity contribution >= 4 is 23.2 Å². The Morgan fingerprint density at radius 3 is 2.31 bits per heavy atom. The van der Waals surface area contributed by atoms with Crippen molar-refractivity contribution in [2.24, 2.45) is 0 Å². The lowest BCUT2D eigenvalue weighted by Gasteiger charge is -2.36. The summed E-state index contributed by atoms with van der Waals surface area (Å²) in [6, 6.07) is 18.1. The van der Waals surface area contributed by atoms with Crippen LogP contribution in [0, 0.1) is 5.82 Å². The number of benzene rings is 2. The Balaban J connectivity index is 1.05. The van der Waals surface area contributed by atoms with Crippen molar-refractivity contribution in [2.75, 3.05) is 13.1 Å². The molecule has 3 heterocycles. The van der Waals surface area contributed by atoms with E-state index >= 15 is 0 Å². The van der Waals surface area contributed by atoms with Crippen molar-refractivity contribution < 1.29 is 18.7 Å². The fourth-order valence-electron chi connectivity index (χ4n) is 6.63. The first-order valence-corrected chi connectivity index (χ1v) is 17.7. The molecule has 2 atom stereocenters. The molecule has 0 radical (unpaired) electrons. The zero-order chi connectivity index (χ0) is 33.6. The molecule has 48 heavy (non-hydrogen) atoms. The third kappa shape index (κ3) is 8.63. The first-order valence-electron chi connectivity index (χ1n) is 16.8. The molecular formula is C37H43FN6O3S. The number of thiazole rings is 1. The number of carbonyl (C=O) groups is 2. The van der Waals surface area contributed by atoms with Crippen molar-refractivity contribution in [1.29, 1.82) is 0 Å². The predicted molar refractivity (Wildman–Crippen MR) is 186 cm³/mol. The molecule has 1 aliphatic heterocycles. The molecule has 2 aromatic carbocycles. The maximum Gasteiger partial charge on any atom is 0.270 e. The molecule has 2 aromatic heterocycles. The van der Waals surface area contributed by atoms with Gasteiger partial charge in [-0.15, -0.1) is 11.3 Å². The molecule has 2 amide bonds. The zero-order valence-corrected chi connectivity index (χ0v) is 28.5. The highest BCUT2D eigenvalue weighted by molar-refractivity contribution is 7.09. The number of rotatable bonds is 10. The van der Waals surface area contributed by atoms with E-state index in [1.807, 2.05) is 25.1 Å². The predicted octanol–water partition coefficient (Wildman–Crippen LogP) is 6.35. The summed E-state index contributed by atoms with van der Waals surface area (Å²) in [6.45, 7) is 9.42. The Bertz CT molecular complexity index is 1710. The quantitative estimate of drug-likeness (QED) is 0.180. The van der Waals surface area contributed by atoms with Gasteiger partial charge in [0.1, 0.15) is 22.8 Å². The molecule has 1 saturated carbocycles. The summed E-state index contributed by atoms with van der Waals surface area (Å²) < 4.78 is 20.4. The first kappa shape index (κ1) is 33.7. The van der Waals surface area contributed by atoms with Crippen LogP contribution in [0.15, 0.2) is 66.2 Å². The van der Waals surface area contributed by atoms with E-state index in [2.05, 4.69) is 68.9 Å². The van der Waals surface area contributed by atoms with Crippen LogP contribution < -0.4 is 20.7 Å². The van der Waals surface area contributed by atoms with Crippen molar-refractivity contribution in [3.05, 3.63) is 93.8 Å². The van der Waals surface area contributed by atoms with E-state index in [-0.39, 0.29) is 29.4 Å². The normalized spacial score (nSPS) is 21.4. The van der Waals surface area contributed by atoms with E-state index in [9.17, 15) is 14.0 Å². The lowest BCUT2D eigenvalue weighted by molar-refractivity contribution is 0.0888. The second-order valence-corrected chi connectivity index (χ2v) is 13.9. The minimum Gasteiger partial charge on any atom is -0.438 e. The molecule has 2 fully saturated rings. The monoisotopic (exact) mass is 670 g/mol. The van der Waals surface area contributed by atoms with Crippen LogP contribution in [0.1, 0.15) is 77.9 Å². The third-order valence-corrected chi connectivity index (χ3v) is 9.92. The van der Waals surface area contributed by atoms with E-state index in [0.29, 0.717) is 49.2 Å². The van der Waals surface area contributed by atoms with Crippen LogP contribution in [0.5, 0.6) is 11.6 Å². The fourth-order valence-corrected chi connectivity index (χ4v) is 7.36. The molecule has 252 valence electrons. The zero-order valence-electron chi connectivity index (χ0n) is 27.7. The summed E-state index contributed by atoms with van der Waals surface area (Å²) in [5, 5.41) is 12.4. The molecule has 4 aromatic rings. The van der Waals surface area contributed by atoms with Gasteiger partial charge < -0.3 is 20.7 Å². The number of hydrogen-bond donors (Lipinski definition) is 3. The number of aromatic nitrogens is 2. The van der Waals surface area contributed by atoms with Gasteiger partial charge in [0, 0.05) is 49.2 Å². The maximum atomic E-state index is 14.3. The average Bonchev–Trinajstić information content (AvgIpc) is 3.56. The largest absolute Gasteiger partial charge is 0.438 e. The van der Waals surface area contributed by atoms with Crippen molar-refractivity contribution in [3.8, 4) is 22.8 Å². The highest BCUT2D eigenvalue weighted by atomic mass is 32.1. The number of nitrogens with one attached hydrogen (secondary N) is 3. The molecular weight excluding hydrogens is 628 g/mol. The molecule has 9 nitrogen and oxygen atoms in total. The molecule has 0 bridgehead atoms. The molecule has 11 heteroatoms. The van der Waals surface area contributed by atoms with E-state index in [0.717, 1.165) is 54.5 Å². The van der Waals surface area contributed by atoms with Gasteiger partial charge in [0.05, 0.1) is 11.2 Å². The van der Waals surface area contributed by atoms with Gasteiger partial charge in [-0.2, -0.15) is 0 Å². The molecule has 1 aliphatic carbocycles. The van der Waals surface area contributed by atoms with Crippen molar-refractivity contribution in [2.45, 2.75) is 83.6 Å². The summed E-state index contributed by atoms with van der Waals surface area (Å²) in [4.78, 5) is 37.0. The van der Waals surface area contributed by atoms with Crippen molar-refractivity contribution in [3.63, 3.8) is 0 Å². The molecule has 0 unspecified atom stereocenters. The number of piperazine rings is 1. The van der Waals surface area contributed by atoms with Gasteiger partial charge in [0.25, 0.3) is 11.8 Å². The Hall–Kier alpha value is -4.19. The second kappa shape index (κ2) is 15.4. The van der Waals surface area contributed by atoms with Gasteiger partial charge in [-0.05, 0) is 80.8 Å². The average molecular weight is 671 g/mol. The Morgan fingerprint density at radius 1 is 0.958 bits per heavy atom. The SMILES string of the molecule is CCc1nc(C(=O)N[C@H]2CC[C@H](NC(=O)c3cc(F)cnc3Oc3cccc(-c4ccc(CN5C[C@@H](C)N[C@@H](C)C5)cc4)c3)CC2)cs1. The number of carbonyl (C=O) groups excluding carboxylic acids is 2. The first-order chi connectivity index (χ1) is 23.2. The Morgan fingerprint density at radius 2 is 1.65 bits per heavy atom. The van der Waals surface area contributed by atoms with E-state index in [4.69, 9.17) is 4.74 Å². The minimum absolute atomic E-state index is 0.00971. The number of hydrogen-bond acceptors (Lipinski definition) is 8. The van der Waals surface area contributed by atoms with Crippen molar-refractivity contribution in [1.82, 2.24) is 30.8 Å². The van der Waals surface area contributed by atoms with Gasteiger partial charge in [-0.3, -0.25) is 14.5 Å². The lowest BCUT2D eigenvalue weighted by Crippen LogP contribution is -2.53. The van der Waals surface area contributed by atoms with Crippen LogP contribution in [0.4, 0.5) is 4.39 Å². The third-order valence-electron chi connectivity index (χ3n) is 8.92. The lowest BCUT2D eigenvalue weighted by atomic mass is 9.91. The summed E-state index contributed by atoms with van der Waals surface area (Å²) >= 11 is 1.49. The maximum absolute atomic E-state index is 14.3. The molecule has 1 saturated heterocycles. The number of halogens is 1. The fraction of sp³-hybridized carbons (Fsp3) is 0.405. The number of pyridine rings is 1. The van der Waals surface area contributed by atoms with Gasteiger partial charge in [0.15, 0.2) is 0 Å². The van der Waals surface area contributed by atoms with Crippen LogP contribution >= 0.6 is 11.3 Å². The van der Waals surface area contributed by atoms with Gasteiger partial charge in [0.2, 0.25) is 5.88 Å². The van der Waals surface area contributed by atoms with Gasteiger partial charge in [-0.25, -0.2) is 14.4 Å². The number of nitrogens with zero attached hydrogens (tertiary/aromatic N) is 3. The second-order valence-electron chi connectivity index (χ2n) is 13.0. The highest BCUT2D eigenvalue weighted by Gasteiger charge is 2.27. The molecule has 0 spiro atoms. The van der Waals surface area contributed by atoms with E-state index in [1.54, 1.807) is 11.4 Å².